The lowest BCUT2D eigenvalue weighted by atomic mass is 10.1. The topological polar surface area (TPSA) is 72.6 Å². The molecule has 132 valence electrons. The first kappa shape index (κ1) is 18.8. The van der Waals surface area contributed by atoms with Crippen molar-refractivity contribution in [3.63, 3.8) is 0 Å². The second-order valence-corrected chi connectivity index (χ2v) is 5.96. The summed E-state index contributed by atoms with van der Waals surface area (Å²) in [5.41, 5.74) is 6.32. The number of nitrogens with two attached hydrogens (primary N) is 1. The molecule has 0 aromatic heterocycles. The molecule has 0 heterocycles. The Morgan fingerprint density at radius 2 is 1.68 bits per heavy atom. The lowest BCUT2D eigenvalue weighted by molar-refractivity contribution is -0.133. The summed E-state index contributed by atoms with van der Waals surface area (Å²) in [7, 11) is 0. The molecule has 6 heteroatoms. The van der Waals surface area contributed by atoms with E-state index in [0.29, 0.717) is 23.7 Å². The molecule has 0 saturated carbocycles. The highest BCUT2D eigenvalue weighted by atomic mass is 35.5. The van der Waals surface area contributed by atoms with Crippen molar-refractivity contribution in [1.82, 2.24) is 4.90 Å². The number of ether oxygens (including phenoxy) is 1. The number of benzene rings is 2. The molecule has 2 rings (SSSR count). The van der Waals surface area contributed by atoms with Crippen LogP contribution in [-0.4, -0.2) is 36.4 Å². The van der Waals surface area contributed by atoms with E-state index in [0.717, 1.165) is 5.56 Å². The molecule has 0 radical (unpaired) electrons. The fraction of sp³-hybridized carbons (Fsp3) is 0.263. The van der Waals surface area contributed by atoms with Crippen LogP contribution in [0, 0.1) is 0 Å². The van der Waals surface area contributed by atoms with Crippen molar-refractivity contribution in [2.45, 2.75) is 12.8 Å². The number of para-hydroxylation sites is 1. The predicted octanol–water partition coefficient (Wildman–Crippen LogP) is 2.67. The van der Waals surface area contributed by atoms with E-state index in [9.17, 15) is 9.59 Å². The van der Waals surface area contributed by atoms with E-state index < -0.39 is 5.91 Å². The first-order valence-electron chi connectivity index (χ1n) is 8.03. The van der Waals surface area contributed by atoms with Gasteiger partial charge >= 0.3 is 0 Å². The van der Waals surface area contributed by atoms with Gasteiger partial charge in [0, 0.05) is 19.5 Å². The number of hydrogen-bond donors (Lipinski definition) is 1. The zero-order valence-electron chi connectivity index (χ0n) is 13.9. The van der Waals surface area contributed by atoms with Gasteiger partial charge in [0.25, 0.3) is 5.91 Å². The van der Waals surface area contributed by atoms with E-state index in [-0.39, 0.29) is 25.5 Å². The zero-order valence-corrected chi connectivity index (χ0v) is 14.6. The fourth-order valence-electron chi connectivity index (χ4n) is 2.31. The molecule has 0 saturated heterocycles. The maximum atomic E-state index is 12.5. The van der Waals surface area contributed by atoms with Gasteiger partial charge in [0.15, 0.2) is 6.61 Å². The summed E-state index contributed by atoms with van der Waals surface area (Å²) in [6, 6.07) is 16.8. The molecular formula is C19H21ClN2O3. The van der Waals surface area contributed by atoms with Gasteiger partial charge in [-0.25, -0.2) is 0 Å². The number of halogens is 1. The van der Waals surface area contributed by atoms with Crippen LogP contribution in [0.25, 0.3) is 0 Å². The number of amides is 2. The monoisotopic (exact) mass is 360 g/mol. The third-order valence-corrected chi connectivity index (χ3v) is 3.99. The predicted molar refractivity (Wildman–Crippen MR) is 97.5 cm³/mol. The third kappa shape index (κ3) is 6.47. The van der Waals surface area contributed by atoms with Crippen molar-refractivity contribution < 1.29 is 14.3 Å². The van der Waals surface area contributed by atoms with Crippen molar-refractivity contribution in [3.05, 3.63) is 65.2 Å². The van der Waals surface area contributed by atoms with Crippen LogP contribution < -0.4 is 10.5 Å². The van der Waals surface area contributed by atoms with Gasteiger partial charge < -0.3 is 15.4 Å². The van der Waals surface area contributed by atoms with Gasteiger partial charge in [0.2, 0.25) is 5.91 Å². The summed E-state index contributed by atoms with van der Waals surface area (Å²) >= 11 is 6.02. The Labute approximate surface area is 152 Å². The third-order valence-electron chi connectivity index (χ3n) is 3.68. The molecule has 0 aliphatic rings. The number of rotatable bonds is 9. The quantitative estimate of drug-likeness (QED) is 0.747. The van der Waals surface area contributed by atoms with Gasteiger partial charge in [-0.05, 0) is 24.1 Å². The zero-order chi connectivity index (χ0) is 18.1. The Bertz CT molecular complexity index is 707. The smallest absolute Gasteiger partial charge is 0.260 e. The molecule has 0 aliphatic carbocycles. The minimum absolute atomic E-state index is 0.118. The first-order valence-corrected chi connectivity index (χ1v) is 8.41. The molecule has 25 heavy (non-hydrogen) atoms. The van der Waals surface area contributed by atoms with Crippen molar-refractivity contribution in [2.75, 3.05) is 19.7 Å². The molecule has 0 fully saturated rings. The molecule has 2 aromatic rings. The Morgan fingerprint density at radius 1 is 1.00 bits per heavy atom. The van der Waals surface area contributed by atoms with Crippen molar-refractivity contribution in [3.8, 4) is 5.75 Å². The Morgan fingerprint density at radius 3 is 2.36 bits per heavy atom. The second kappa shape index (κ2) is 9.69. The van der Waals surface area contributed by atoms with Crippen molar-refractivity contribution in [2.24, 2.45) is 5.73 Å². The lowest BCUT2D eigenvalue weighted by Gasteiger charge is -2.22. The maximum Gasteiger partial charge on any atom is 0.260 e. The molecule has 0 bridgehead atoms. The molecule has 0 atom stereocenters. The van der Waals surface area contributed by atoms with Crippen molar-refractivity contribution in [1.29, 1.82) is 0 Å². The van der Waals surface area contributed by atoms with Crippen LogP contribution in [0.4, 0.5) is 0 Å². The fourth-order valence-corrected chi connectivity index (χ4v) is 2.50. The minimum atomic E-state index is -0.440. The summed E-state index contributed by atoms with van der Waals surface area (Å²) in [4.78, 5) is 25.1. The van der Waals surface area contributed by atoms with Crippen LogP contribution in [0.5, 0.6) is 5.75 Å². The second-order valence-electron chi connectivity index (χ2n) is 5.55. The van der Waals surface area contributed by atoms with Crippen molar-refractivity contribution >= 4 is 23.4 Å². The van der Waals surface area contributed by atoms with Crippen LogP contribution in [-0.2, 0) is 16.0 Å². The highest BCUT2D eigenvalue weighted by molar-refractivity contribution is 6.32. The van der Waals surface area contributed by atoms with Crippen LogP contribution >= 0.6 is 11.6 Å². The van der Waals surface area contributed by atoms with E-state index in [1.165, 1.54) is 0 Å². The van der Waals surface area contributed by atoms with Gasteiger partial charge in [-0.2, -0.15) is 0 Å². The molecule has 2 N–H and O–H groups in total. The maximum absolute atomic E-state index is 12.5. The Kier molecular flexibility index (Phi) is 7.29. The molecule has 0 aliphatic heterocycles. The number of carbonyl (C=O) groups excluding carboxylic acids is 2. The number of nitrogens with zero attached hydrogens (tertiary/aromatic N) is 1. The summed E-state index contributed by atoms with van der Waals surface area (Å²) in [6.07, 6.45) is 0.810. The molecule has 2 amide bonds. The number of hydrogen-bond acceptors (Lipinski definition) is 3. The van der Waals surface area contributed by atoms with Gasteiger partial charge in [0.1, 0.15) is 5.75 Å². The van der Waals surface area contributed by atoms with Crippen LogP contribution in [0.15, 0.2) is 54.6 Å². The first-order chi connectivity index (χ1) is 12.1. The van der Waals surface area contributed by atoms with E-state index in [1.54, 1.807) is 29.2 Å². The normalized spacial score (nSPS) is 10.3. The molecule has 2 aromatic carbocycles. The van der Waals surface area contributed by atoms with Gasteiger partial charge in [-0.1, -0.05) is 54.1 Å². The summed E-state index contributed by atoms with van der Waals surface area (Å²) < 4.78 is 5.50. The molecule has 0 spiro atoms. The lowest BCUT2D eigenvalue weighted by Crippen LogP contribution is -2.38. The van der Waals surface area contributed by atoms with E-state index in [1.807, 2.05) is 30.3 Å². The van der Waals surface area contributed by atoms with Crippen LogP contribution in [0.2, 0.25) is 5.02 Å². The van der Waals surface area contributed by atoms with E-state index in [4.69, 9.17) is 22.1 Å². The average molecular weight is 361 g/mol. The summed E-state index contributed by atoms with van der Waals surface area (Å²) in [5.74, 6) is -0.197. The minimum Gasteiger partial charge on any atom is -0.482 e. The molecule has 0 unspecified atom stereocenters. The van der Waals surface area contributed by atoms with Gasteiger partial charge in [0.05, 0.1) is 5.02 Å². The average Bonchev–Trinajstić information content (AvgIpc) is 2.61. The summed E-state index contributed by atoms with van der Waals surface area (Å²) in [6.45, 7) is 0.617. The number of primary amides is 1. The largest absolute Gasteiger partial charge is 0.482 e. The number of carbonyl (C=O) groups is 2. The Balaban J connectivity index is 1.94. The van der Waals surface area contributed by atoms with Gasteiger partial charge in [-0.3, -0.25) is 9.59 Å². The highest BCUT2D eigenvalue weighted by Gasteiger charge is 2.15. The van der Waals surface area contributed by atoms with E-state index in [2.05, 4.69) is 0 Å². The van der Waals surface area contributed by atoms with Crippen LogP contribution in [0.1, 0.15) is 12.0 Å². The molecule has 5 nitrogen and oxygen atoms in total. The van der Waals surface area contributed by atoms with Gasteiger partial charge in [-0.15, -0.1) is 0 Å². The SMILES string of the molecule is NC(=O)CCN(CCc1ccccc1)C(=O)COc1ccccc1Cl. The van der Waals surface area contributed by atoms with Crippen LogP contribution in [0.3, 0.4) is 0 Å². The van der Waals surface area contributed by atoms with E-state index >= 15 is 0 Å². The molecular weight excluding hydrogens is 340 g/mol. The summed E-state index contributed by atoms with van der Waals surface area (Å²) in [5, 5.41) is 0.447. The Hall–Kier alpha value is -2.53. The standard InChI is InChI=1S/C19H21ClN2O3/c20-16-8-4-5-9-17(16)25-14-19(24)22(13-11-18(21)23)12-10-15-6-2-1-3-7-15/h1-9H,10-14H2,(H2,21,23). The highest BCUT2D eigenvalue weighted by Crippen LogP contribution is 2.23.